The zero-order chi connectivity index (χ0) is 18.1. The summed E-state index contributed by atoms with van der Waals surface area (Å²) in [6.45, 7) is 7.52. The van der Waals surface area contributed by atoms with Crippen molar-refractivity contribution in [3.05, 3.63) is 24.0 Å². The zero-order valence-corrected chi connectivity index (χ0v) is 15.6. The Morgan fingerprint density at radius 2 is 2.07 bits per heavy atom. The van der Waals surface area contributed by atoms with Crippen LogP contribution in [0.15, 0.2) is 28.4 Å². The number of anilines is 1. The molecule has 142 valence electrons. The first-order valence-electron chi connectivity index (χ1n) is 10.1. The van der Waals surface area contributed by atoms with Gasteiger partial charge in [-0.1, -0.05) is 0 Å². The van der Waals surface area contributed by atoms with Crippen molar-refractivity contribution in [3.8, 4) is 0 Å². The smallest absolute Gasteiger partial charge is 0.139 e. The number of nitrogens with zero attached hydrogens (tertiary/aromatic N) is 5. The van der Waals surface area contributed by atoms with E-state index in [-0.39, 0.29) is 5.92 Å². The largest absolute Gasteiger partial charge is 0.369 e. The molecular weight excluding hydrogens is 338 g/mol. The third-order valence-corrected chi connectivity index (χ3v) is 6.10. The topological polar surface area (TPSA) is 71.9 Å². The minimum Gasteiger partial charge on any atom is -0.369 e. The minimum absolute atomic E-state index is 0.223. The summed E-state index contributed by atoms with van der Waals surface area (Å²) in [5.74, 6) is 0.223. The molecule has 27 heavy (non-hydrogen) atoms. The molecule has 0 aromatic carbocycles. The monoisotopic (exact) mass is 365 g/mol. The zero-order valence-electron chi connectivity index (χ0n) is 15.6. The second kappa shape index (κ2) is 7.40. The number of nitrogens with one attached hydrogen (secondary N) is 2. The van der Waals surface area contributed by atoms with Crippen molar-refractivity contribution in [2.75, 3.05) is 50.7 Å². The van der Waals surface area contributed by atoms with E-state index >= 15 is 0 Å². The first kappa shape index (κ1) is 16.9. The normalized spacial score (nSPS) is 26.7. The molecule has 2 unspecified atom stereocenters. The number of aliphatic imine (C=N–C) groups is 2. The first-order valence-corrected chi connectivity index (χ1v) is 10.1. The van der Waals surface area contributed by atoms with Crippen molar-refractivity contribution in [1.82, 2.24) is 20.2 Å². The van der Waals surface area contributed by atoms with Crippen LogP contribution in [0.5, 0.6) is 0 Å². The van der Waals surface area contributed by atoms with Gasteiger partial charge in [0.1, 0.15) is 12.0 Å². The highest BCUT2D eigenvalue weighted by Crippen LogP contribution is 2.34. The van der Waals surface area contributed by atoms with Gasteiger partial charge in [0.25, 0.3) is 0 Å². The molecule has 0 aliphatic carbocycles. The van der Waals surface area contributed by atoms with Crippen LogP contribution in [0, 0.1) is 0 Å². The molecule has 2 N–H and O–H groups in total. The van der Waals surface area contributed by atoms with Crippen LogP contribution in [0.2, 0.25) is 0 Å². The lowest BCUT2D eigenvalue weighted by molar-refractivity contribution is 0.156. The third-order valence-electron chi connectivity index (χ3n) is 6.10. The highest BCUT2D eigenvalue weighted by atomic mass is 15.3. The van der Waals surface area contributed by atoms with Gasteiger partial charge in [0.2, 0.25) is 0 Å². The molecule has 5 heterocycles. The molecule has 3 aliphatic heterocycles. The summed E-state index contributed by atoms with van der Waals surface area (Å²) in [4.78, 5) is 21.8. The maximum atomic E-state index is 4.58. The summed E-state index contributed by atoms with van der Waals surface area (Å²) in [7, 11) is 0. The van der Waals surface area contributed by atoms with Crippen molar-refractivity contribution >= 4 is 29.3 Å². The number of piperidine rings is 1. The van der Waals surface area contributed by atoms with Crippen LogP contribution in [-0.4, -0.2) is 79.3 Å². The Hall–Kier alpha value is -2.25. The average molecular weight is 365 g/mol. The Kier molecular flexibility index (Phi) is 4.63. The molecule has 2 atom stereocenters. The Bertz CT molecular complexity index is 849. The first-order chi connectivity index (χ1) is 13.4. The van der Waals surface area contributed by atoms with Gasteiger partial charge in [-0.15, -0.1) is 0 Å². The molecule has 7 heteroatoms. The number of hydrogen-bond donors (Lipinski definition) is 2. The van der Waals surface area contributed by atoms with Gasteiger partial charge in [-0.25, -0.2) is 9.98 Å². The summed E-state index contributed by atoms with van der Waals surface area (Å²) in [5, 5.41) is 4.71. The molecule has 2 fully saturated rings. The number of fused-ring (bicyclic) bond motifs is 1. The molecule has 0 spiro atoms. The number of H-pyrrole nitrogens is 1. The molecule has 3 aliphatic rings. The molecule has 5 rings (SSSR count). The van der Waals surface area contributed by atoms with Gasteiger partial charge in [-0.2, -0.15) is 0 Å². The Morgan fingerprint density at radius 1 is 1.15 bits per heavy atom. The van der Waals surface area contributed by atoms with Gasteiger partial charge < -0.3 is 15.2 Å². The van der Waals surface area contributed by atoms with E-state index in [4.69, 9.17) is 0 Å². The molecule has 7 nitrogen and oxygen atoms in total. The average Bonchev–Trinajstić information content (AvgIpc) is 3.19. The van der Waals surface area contributed by atoms with E-state index < -0.39 is 0 Å². The molecule has 0 bridgehead atoms. The predicted octanol–water partition coefficient (Wildman–Crippen LogP) is 1.63. The summed E-state index contributed by atoms with van der Waals surface area (Å²) in [6.07, 6.45) is 10.2. The Labute approximate surface area is 159 Å². The molecule has 2 saturated heterocycles. The molecular formula is C20H27N7. The van der Waals surface area contributed by atoms with E-state index in [1.807, 2.05) is 12.4 Å². The fraction of sp³-hybridized carbons (Fsp3) is 0.550. The van der Waals surface area contributed by atoms with Crippen molar-refractivity contribution in [2.45, 2.75) is 24.8 Å². The number of hydrogen-bond acceptors (Lipinski definition) is 6. The van der Waals surface area contributed by atoms with Crippen molar-refractivity contribution < 1.29 is 0 Å². The summed E-state index contributed by atoms with van der Waals surface area (Å²) in [5.41, 5.74) is 3.53. The van der Waals surface area contributed by atoms with Crippen LogP contribution in [0.25, 0.3) is 11.0 Å². The molecule has 2 aromatic rings. The van der Waals surface area contributed by atoms with E-state index in [9.17, 15) is 0 Å². The lowest BCUT2D eigenvalue weighted by atomic mass is 9.97. The van der Waals surface area contributed by atoms with Gasteiger partial charge in [0, 0.05) is 80.9 Å². The fourth-order valence-electron chi connectivity index (χ4n) is 4.71. The van der Waals surface area contributed by atoms with Crippen LogP contribution in [0.1, 0.15) is 24.3 Å². The molecule has 0 saturated carbocycles. The SMILES string of the molecule is C1=NC=NCC1c1c[nH]c2nccc(N3CCCC(N4CCNCC4)C3)c12. The minimum atomic E-state index is 0.223. The molecule has 0 radical (unpaired) electrons. The highest BCUT2D eigenvalue weighted by Gasteiger charge is 2.28. The number of aromatic amines is 1. The van der Waals surface area contributed by atoms with E-state index in [1.54, 1.807) is 6.34 Å². The van der Waals surface area contributed by atoms with Gasteiger partial charge >= 0.3 is 0 Å². The maximum Gasteiger partial charge on any atom is 0.139 e. The number of rotatable bonds is 3. The van der Waals surface area contributed by atoms with Crippen LogP contribution >= 0.6 is 0 Å². The molecule has 0 amide bonds. The second-order valence-electron chi connectivity index (χ2n) is 7.71. The van der Waals surface area contributed by atoms with Crippen LogP contribution in [-0.2, 0) is 0 Å². The number of pyridine rings is 1. The van der Waals surface area contributed by atoms with E-state index in [0.29, 0.717) is 6.04 Å². The van der Waals surface area contributed by atoms with E-state index in [0.717, 1.165) is 51.5 Å². The molecule has 2 aromatic heterocycles. The number of piperazine rings is 1. The van der Waals surface area contributed by atoms with E-state index in [1.165, 1.54) is 29.5 Å². The van der Waals surface area contributed by atoms with Gasteiger partial charge in [-0.05, 0) is 24.5 Å². The van der Waals surface area contributed by atoms with E-state index in [2.05, 4.69) is 47.3 Å². The summed E-state index contributed by atoms with van der Waals surface area (Å²) in [6, 6.07) is 2.83. The van der Waals surface area contributed by atoms with Crippen molar-refractivity contribution in [2.24, 2.45) is 9.98 Å². The van der Waals surface area contributed by atoms with Crippen LogP contribution in [0.4, 0.5) is 5.69 Å². The summed E-state index contributed by atoms with van der Waals surface area (Å²) >= 11 is 0. The fourth-order valence-corrected chi connectivity index (χ4v) is 4.71. The number of aromatic nitrogens is 2. The standard InChI is InChI=1S/C20H27N7/c1-2-16(26-8-5-21-6-9-26)13-27(7-1)18-3-4-24-20-19(18)17(12-25-20)15-10-22-14-23-11-15/h3-4,10,12,14-16,21H,1-2,5-9,11,13H2,(H,24,25). The van der Waals surface area contributed by atoms with Crippen molar-refractivity contribution in [1.29, 1.82) is 0 Å². The van der Waals surface area contributed by atoms with Crippen LogP contribution in [0.3, 0.4) is 0 Å². The summed E-state index contributed by atoms with van der Waals surface area (Å²) < 4.78 is 0. The van der Waals surface area contributed by atoms with Gasteiger partial charge in [0.15, 0.2) is 0 Å². The van der Waals surface area contributed by atoms with Gasteiger partial charge in [-0.3, -0.25) is 9.89 Å². The predicted molar refractivity (Wildman–Crippen MR) is 110 cm³/mol. The third kappa shape index (κ3) is 3.26. The lowest BCUT2D eigenvalue weighted by Gasteiger charge is -2.42. The quantitative estimate of drug-likeness (QED) is 0.867. The maximum absolute atomic E-state index is 4.58. The highest BCUT2D eigenvalue weighted by molar-refractivity contribution is 5.96. The Balaban J connectivity index is 1.46. The second-order valence-corrected chi connectivity index (χ2v) is 7.71. The van der Waals surface area contributed by atoms with Gasteiger partial charge in [0.05, 0.1) is 6.54 Å². The van der Waals surface area contributed by atoms with Crippen LogP contribution < -0.4 is 10.2 Å². The van der Waals surface area contributed by atoms with Crippen molar-refractivity contribution in [3.63, 3.8) is 0 Å². The Morgan fingerprint density at radius 3 is 2.93 bits per heavy atom. The lowest BCUT2D eigenvalue weighted by Crippen LogP contribution is -2.54.